The number of imide groups is 1. The average Bonchev–Trinajstić information content (AvgIpc) is 2.67. The summed E-state index contributed by atoms with van der Waals surface area (Å²) in [5, 5.41) is 16.0. The number of hydrogen-bond donors (Lipinski definition) is 2. The lowest BCUT2D eigenvalue weighted by atomic mass is 9.99. The molecule has 10 heteroatoms. The van der Waals surface area contributed by atoms with Crippen molar-refractivity contribution in [2.45, 2.75) is 39.7 Å². The Morgan fingerprint density at radius 1 is 1.38 bits per heavy atom. The standard InChI is InChI=1S/C19H26N4O6/c1-4-20-19(26)21-17(24)13(3)29-18(25)14-7-8-15(16(10-14)23(27)28)22-9-5-6-12(2)11-22/h7-8,10,12-13H,4-6,9,11H2,1-3H3,(H2,20,21,24,26)/t12-,13-/m1/s1. The predicted molar refractivity (Wildman–Crippen MR) is 106 cm³/mol. The van der Waals surface area contributed by atoms with Crippen LogP contribution in [0.1, 0.15) is 44.0 Å². The topological polar surface area (TPSA) is 131 Å². The van der Waals surface area contributed by atoms with Gasteiger partial charge in [0.2, 0.25) is 0 Å². The highest BCUT2D eigenvalue weighted by atomic mass is 16.6. The van der Waals surface area contributed by atoms with Crippen LogP contribution in [0.2, 0.25) is 0 Å². The van der Waals surface area contributed by atoms with Crippen molar-refractivity contribution >= 4 is 29.3 Å². The first kappa shape index (κ1) is 22.1. The van der Waals surface area contributed by atoms with Crippen molar-refractivity contribution in [2.75, 3.05) is 24.5 Å². The molecule has 0 radical (unpaired) electrons. The van der Waals surface area contributed by atoms with Gasteiger partial charge in [0.25, 0.3) is 11.6 Å². The summed E-state index contributed by atoms with van der Waals surface area (Å²) in [6, 6.07) is 3.44. The number of nitro groups is 1. The van der Waals surface area contributed by atoms with Gasteiger partial charge in [0.05, 0.1) is 10.5 Å². The van der Waals surface area contributed by atoms with E-state index in [4.69, 9.17) is 4.74 Å². The third kappa shape index (κ3) is 5.90. The van der Waals surface area contributed by atoms with Crippen LogP contribution >= 0.6 is 0 Å². The number of nitrogens with one attached hydrogen (secondary N) is 2. The summed E-state index contributed by atoms with van der Waals surface area (Å²) in [5.41, 5.74) is 0.233. The van der Waals surface area contributed by atoms with E-state index in [0.717, 1.165) is 18.9 Å². The zero-order valence-corrected chi connectivity index (χ0v) is 16.8. The van der Waals surface area contributed by atoms with Gasteiger partial charge in [0.1, 0.15) is 5.69 Å². The smallest absolute Gasteiger partial charge is 0.339 e. The highest BCUT2D eigenvalue weighted by molar-refractivity contribution is 5.98. The molecular weight excluding hydrogens is 380 g/mol. The Morgan fingerprint density at radius 2 is 2.10 bits per heavy atom. The maximum absolute atomic E-state index is 12.3. The van der Waals surface area contributed by atoms with Gasteiger partial charge in [-0.3, -0.25) is 20.2 Å². The van der Waals surface area contributed by atoms with Crippen molar-refractivity contribution in [2.24, 2.45) is 5.92 Å². The Bertz CT molecular complexity index is 797. The van der Waals surface area contributed by atoms with E-state index in [1.165, 1.54) is 19.1 Å². The number of carbonyl (C=O) groups is 3. The monoisotopic (exact) mass is 406 g/mol. The zero-order chi connectivity index (χ0) is 21.6. The third-order valence-electron chi connectivity index (χ3n) is 4.63. The fourth-order valence-corrected chi connectivity index (χ4v) is 3.17. The van der Waals surface area contributed by atoms with E-state index in [1.54, 1.807) is 6.92 Å². The summed E-state index contributed by atoms with van der Waals surface area (Å²) in [7, 11) is 0. The molecule has 1 aromatic rings. The molecule has 2 atom stereocenters. The Balaban J connectivity index is 2.12. The molecule has 1 aromatic carbocycles. The van der Waals surface area contributed by atoms with Crippen LogP contribution in [0.3, 0.4) is 0 Å². The molecule has 0 bridgehead atoms. The Labute approximate surface area is 168 Å². The molecule has 2 N–H and O–H groups in total. The number of nitro benzene ring substituents is 1. The number of piperidine rings is 1. The minimum absolute atomic E-state index is 0.0387. The predicted octanol–water partition coefficient (Wildman–Crippen LogP) is 2.22. The van der Waals surface area contributed by atoms with Gasteiger partial charge in [-0.1, -0.05) is 6.92 Å². The summed E-state index contributed by atoms with van der Waals surface area (Å²) < 4.78 is 5.05. The maximum atomic E-state index is 12.3. The highest BCUT2D eigenvalue weighted by Crippen LogP contribution is 2.32. The molecule has 1 aliphatic heterocycles. The average molecular weight is 406 g/mol. The number of benzene rings is 1. The number of amides is 3. The van der Waals surface area contributed by atoms with Crippen molar-refractivity contribution in [3.63, 3.8) is 0 Å². The number of carbonyl (C=O) groups excluding carboxylic acids is 3. The SMILES string of the molecule is CCNC(=O)NC(=O)[C@@H](C)OC(=O)c1ccc(N2CCC[C@@H](C)C2)c([N+](=O)[O-])c1. The van der Waals surface area contributed by atoms with E-state index in [0.29, 0.717) is 31.2 Å². The molecule has 29 heavy (non-hydrogen) atoms. The first-order valence-corrected chi connectivity index (χ1v) is 9.56. The number of hydrogen-bond acceptors (Lipinski definition) is 7. The summed E-state index contributed by atoms with van der Waals surface area (Å²) in [6.07, 6.45) is 0.775. The molecule has 0 saturated carbocycles. The van der Waals surface area contributed by atoms with Crippen LogP contribution in [0.5, 0.6) is 0 Å². The Kier molecular flexibility index (Phi) is 7.52. The molecular formula is C19H26N4O6. The minimum atomic E-state index is -1.24. The zero-order valence-electron chi connectivity index (χ0n) is 16.8. The summed E-state index contributed by atoms with van der Waals surface area (Å²) in [5.74, 6) is -1.25. The minimum Gasteiger partial charge on any atom is -0.449 e. The van der Waals surface area contributed by atoms with Gasteiger partial charge in [0.15, 0.2) is 6.10 Å². The number of nitrogens with zero attached hydrogens (tertiary/aromatic N) is 2. The first-order chi connectivity index (χ1) is 13.7. The lowest BCUT2D eigenvalue weighted by molar-refractivity contribution is -0.384. The molecule has 0 aromatic heterocycles. The van der Waals surface area contributed by atoms with Crippen LogP contribution in [0.25, 0.3) is 0 Å². The highest BCUT2D eigenvalue weighted by Gasteiger charge is 2.27. The van der Waals surface area contributed by atoms with E-state index in [2.05, 4.69) is 12.2 Å². The number of esters is 1. The van der Waals surface area contributed by atoms with Gasteiger partial charge < -0.3 is 15.0 Å². The van der Waals surface area contributed by atoms with E-state index in [9.17, 15) is 24.5 Å². The van der Waals surface area contributed by atoms with Crippen LogP contribution in [-0.2, 0) is 9.53 Å². The number of ether oxygens (including phenoxy) is 1. The number of rotatable bonds is 6. The summed E-state index contributed by atoms with van der Waals surface area (Å²) >= 11 is 0. The second kappa shape index (κ2) is 9.85. The van der Waals surface area contributed by atoms with Crippen molar-refractivity contribution in [3.8, 4) is 0 Å². The van der Waals surface area contributed by atoms with Gasteiger partial charge >= 0.3 is 12.0 Å². The molecule has 3 amide bonds. The van der Waals surface area contributed by atoms with Crippen LogP contribution < -0.4 is 15.5 Å². The van der Waals surface area contributed by atoms with Crippen LogP contribution in [-0.4, -0.2) is 48.6 Å². The molecule has 158 valence electrons. The summed E-state index contributed by atoms with van der Waals surface area (Å²) in [6.45, 7) is 6.85. The molecule has 1 aliphatic rings. The van der Waals surface area contributed by atoms with Crippen molar-refractivity contribution in [1.29, 1.82) is 0 Å². The molecule has 0 spiro atoms. The fraction of sp³-hybridized carbons (Fsp3) is 0.526. The normalized spacial score (nSPS) is 17.2. The quantitative estimate of drug-likeness (QED) is 0.421. The van der Waals surface area contributed by atoms with Crippen LogP contribution in [0.4, 0.5) is 16.2 Å². The Morgan fingerprint density at radius 3 is 2.72 bits per heavy atom. The Hall–Kier alpha value is -3.17. The molecule has 0 aliphatic carbocycles. The van der Waals surface area contributed by atoms with Gasteiger partial charge in [-0.15, -0.1) is 0 Å². The van der Waals surface area contributed by atoms with Crippen molar-refractivity contribution in [3.05, 3.63) is 33.9 Å². The van der Waals surface area contributed by atoms with Crippen molar-refractivity contribution in [1.82, 2.24) is 10.6 Å². The van der Waals surface area contributed by atoms with Gasteiger partial charge in [0, 0.05) is 25.7 Å². The molecule has 10 nitrogen and oxygen atoms in total. The van der Waals surface area contributed by atoms with E-state index in [1.807, 2.05) is 10.2 Å². The third-order valence-corrected chi connectivity index (χ3v) is 4.63. The summed E-state index contributed by atoms with van der Waals surface area (Å²) in [4.78, 5) is 48.6. The lowest BCUT2D eigenvalue weighted by Gasteiger charge is -2.32. The molecule has 2 rings (SSSR count). The van der Waals surface area contributed by atoms with E-state index < -0.39 is 28.9 Å². The largest absolute Gasteiger partial charge is 0.449 e. The second-order valence-corrected chi connectivity index (χ2v) is 7.05. The van der Waals surface area contributed by atoms with Crippen LogP contribution in [0.15, 0.2) is 18.2 Å². The van der Waals surface area contributed by atoms with E-state index >= 15 is 0 Å². The fourth-order valence-electron chi connectivity index (χ4n) is 3.17. The molecule has 1 saturated heterocycles. The molecule has 0 unspecified atom stereocenters. The lowest BCUT2D eigenvalue weighted by Crippen LogP contribution is -2.44. The van der Waals surface area contributed by atoms with Gasteiger partial charge in [-0.25, -0.2) is 9.59 Å². The first-order valence-electron chi connectivity index (χ1n) is 9.56. The van der Waals surface area contributed by atoms with E-state index in [-0.39, 0.29) is 11.3 Å². The maximum Gasteiger partial charge on any atom is 0.339 e. The van der Waals surface area contributed by atoms with Crippen molar-refractivity contribution < 1.29 is 24.0 Å². The molecule has 1 heterocycles. The van der Waals surface area contributed by atoms with Gasteiger partial charge in [-0.2, -0.15) is 0 Å². The number of anilines is 1. The molecule has 1 fully saturated rings. The van der Waals surface area contributed by atoms with Crippen LogP contribution in [0, 0.1) is 16.0 Å². The number of urea groups is 1. The van der Waals surface area contributed by atoms with Gasteiger partial charge in [-0.05, 0) is 44.7 Å². The second-order valence-electron chi connectivity index (χ2n) is 7.05.